The summed E-state index contributed by atoms with van der Waals surface area (Å²) in [4.78, 5) is 16.7. The van der Waals surface area contributed by atoms with E-state index in [1.165, 1.54) is 11.8 Å². The molecule has 4 nitrogen and oxygen atoms in total. The van der Waals surface area contributed by atoms with E-state index in [1.54, 1.807) is 4.90 Å². The Balaban J connectivity index is 1.93. The number of carbonyl (C=O) groups is 1. The van der Waals surface area contributed by atoms with E-state index in [2.05, 4.69) is 33.7 Å². The minimum Gasteiger partial charge on any atom is -0.378 e. The van der Waals surface area contributed by atoms with Gasteiger partial charge in [-0.05, 0) is 49.4 Å². The Bertz CT molecular complexity index is 806. The maximum absolute atomic E-state index is 12.4. The number of thioether (sulfide) groups is 1. The van der Waals surface area contributed by atoms with Crippen molar-refractivity contribution in [3.63, 3.8) is 0 Å². The van der Waals surface area contributed by atoms with Crippen LogP contribution < -0.4 is 4.90 Å². The number of amides is 1. The second-order valence-electron chi connectivity index (χ2n) is 5.64. The summed E-state index contributed by atoms with van der Waals surface area (Å²) >= 11 is 6.63. The molecule has 1 aromatic carbocycles. The molecule has 0 atom stereocenters. The molecule has 0 unspecified atom stereocenters. The van der Waals surface area contributed by atoms with Crippen LogP contribution in [0.2, 0.25) is 0 Å². The Kier molecular flexibility index (Phi) is 4.78. The molecule has 2 heterocycles. The lowest BCUT2D eigenvalue weighted by molar-refractivity contribution is -0.121. The predicted molar refractivity (Wildman–Crippen MR) is 106 cm³/mol. The summed E-state index contributed by atoms with van der Waals surface area (Å²) in [6.45, 7) is 2.54. The summed E-state index contributed by atoms with van der Waals surface area (Å²) in [5.41, 5.74) is 3.17. The Morgan fingerprint density at radius 2 is 1.92 bits per heavy atom. The zero-order chi connectivity index (χ0) is 17.3. The van der Waals surface area contributed by atoms with Crippen LogP contribution in [0.3, 0.4) is 0 Å². The minimum atomic E-state index is -0.0109. The van der Waals surface area contributed by atoms with Gasteiger partial charge >= 0.3 is 0 Å². The van der Waals surface area contributed by atoms with Gasteiger partial charge in [0, 0.05) is 43.9 Å². The van der Waals surface area contributed by atoms with E-state index in [-0.39, 0.29) is 5.91 Å². The highest BCUT2D eigenvalue weighted by atomic mass is 32.2. The first-order valence-corrected chi connectivity index (χ1v) is 8.94. The first-order chi connectivity index (χ1) is 11.5. The fraction of sp³-hybridized carbons (Fsp3) is 0.222. The highest BCUT2D eigenvalue weighted by molar-refractivity contribution is 8.26. The van der Waals surface area contributed by atoms with E-state index < -0.39 is 0 Å². The molecule has 0 bridgehead atoms. The third-order valence-corrected chi connectivity index (χ3v) is 5.27. The summed E-state index contributed by atoms with van der Waals surface area (Å²) in [5, 5.41) is 0. The van der Waals surface area contributed by atoms with Crippen molar-refractivity contribution in [1.29, 1.82) is 0 Å². The number of rotatable bonds is 4. The van der Waals surface area contributed by atoms with Crippen molar-refractivity contribution in [1.82, 2.24) is 9.47 Å². The van der Waals surface area contributed by atoms with Crippen LogP contribution in [0, 0.1) is 0 Å². The summed E-state index contributed by atoms with van der Waals surface area (Å²) < 4.78 is 2.69. The quantitative estimate of drug-likeness (QED) is 0.615. The van der Waals surface area contributed by atoms with Crippen molar-refractivity contribution in [2.45, 2.75) is 6.92 Å². The van der Waals surface area contributed by atoms with E-state index in [4.69, 9.17) is 12.2 Å². The lowest BCUT2D eigenvalue weighted by atomic mass is 10.2. The standard InChI is InChI=1S/C18H19N3OS2/c1-4-20-17(22)16(24-18(20)23)12-15-6-5-11-21(15)14-9-7-13(8-10-14)19(2)3/h5-12H,4H2,1-3H3/b16-12-. The van der Waals surface area contributed by atoms with Gasteiger partial charge in [0.25, 0.3) is 5.91 Å². The number of likely N-dealkylation sites (N-methyl/N-ethyl adjacent to an activating group) is 1. The summed E-state index contributed by atoms with van der Waals surface area (Å²) in [5.74, 6) is -0.0109. The molecule has 1 aliphatic rings. The van der Waals surface area contributed by atoms with Crippen LogP contribution in [0.4, 0.5) is 5.69 Å². The molecular formula is C18H19N3OS2. The van der Waals surface area contributed by atoms with Crippen LogP contribution in [0.5, 0.6) is 0 Å². The van der Waals surface area contributed by atoms with E-state index in [0.717, 1.165) is 17.1 Å². The second-order valence-corrected chi connectivity index (χ2v) is 7.32. The average molecular weight is 358 g/mol. The van der Waals surface area contributed by atoms with Gasteiger partial charge in [0.1, 0.15) is 4.32 Å². The number of anilines is 1. The van der Waals surface area contributed by atoms with Gasteiger partial charge in [-0.15, -0.1) is 0 Å². The van der Waals surface area contributed by atoms with Crippen molar-refractivity contribution in [2.75, 3.05) is 25.5 Å². The lowest BCUT2D eigenvalue weighted by Gasteiger charge is -2.14. The molecule has 6 heteroatoms. The Morgan fingerprint density at radius 1 is 1.21 bits per heavy atom. The SMILES string of the molecule is CCN1C(=O)/C(=C/c2cccn2-c2ccc(N(C)C)cc2)SC1=S. The molecular weight excluding hydrogens is 338 g/mol. The number of aromatic nitrogens is 1. The first-order valence-electron chi connectivity index (χ1n) is 7.71. The van der Waals surface area contributed by atoms with Gasteiger partial charge in [0.15, 0.2) is 0 Å². The molecule has 0 radical (unpaired) electrons. The lowest BCUT2D eigenvalue weighted by Crippen LogP contribution is -2.27. The van der Waals surface area contributed by atoms with Crippen LogP contribution in [0.25, 0.3) is 11.8 Å². The summed E-state index contributed by atoms with van der Waals surface area (Å²) in [7, 11) is 4.04. The maximum Gasteiger partial charge on any atom is 0.266 e. The number of hydrogen-bond donors (Lipinski definition) is 0. The number of thiocarbonyl (C=S) groups is 1. The molecule has 0 saturated carbocycles. The molecule has 3 rings (SSSR count). The molecule has 2 aromatic rings. The molecule has 1 aromatic heterocycles. The molecule has 1 saturated heterocycles. The molecule has 1 aliphatic heterocycles. The van der Waals surface area contributed by atoms with Crippen molar-refractivity contribution < 1.29 is 4.79 Å². The number of hydrogen-bond acceptors (Lipinski definition) is 4. The molecule has 24 heavy (non-hydrogen) atoms. The number of nitrogens with zero attached hydrogens (tertiary/aromatic N) is 3. The van der Waals surface area contributed by atoms with Gasteiger partial charge < -0.3 is 9.47 Å². The van der Waals surface area contributed by atoms with Gasteiger partial charge in [-0.2, -0.15) is 0 Å². The monoisotopic (exact) mass is 357 g/mol. The summed E-state index contributed by atoms with van der Waals surface area (Å²) in [6, 6.07) is 12.3. The highest BCUT2D eigenvalue weighted by Crippen LogP contribution is 2.32. The van der Waals surface area contributed by atoms with Crippen molar-refractivity contribution in [3.8, 4) is 5.69 Å². The highest BCUT2D eigenvalue weighted by Gasteiger charge is 2.30. The third kappa shape index (κ3) is 3.12. The second kappa shape index (κ2) is 6.83. The Labute approximate surface area is 151 Å². The van der Waals surface area contributed by atoms with Gasteiger partial charge in [-0.25, -0.2) is 0 Å². The largest absolute Gasteiger partial charge is 0.378 e. The molecule has 124 valence electrons. The molecule has 0 aliphatic carbocycles. The zero-order valence-electron chi connectivity index (χ0n) is 13.9. The Hall–Kier alpha value is -2.05. The van der Waals surface area contributed by atoms with Crippen LogP contribution >= 0.6 is 24.0 Å². The normalized spacial score (nSPS) is 16.3. The van der Waals surface area contributed by atoms with Gasteiger partial charge in [0.05, 0.1) is 4.91 Å². The zero-order valence-corrected chi connectivity index (χ0v) is 15.5. The van der Waals surface area contributed by atoms with Gasteiger partial charge in [0.2, 0.25) is 0 Å². The van der Waals surface area contributed by atoms with Crippen LogP contribution in [0.15, 0.2) is 47.5 Å². The van der Waals surface area contributed by atoms with Crippen LogP contribution in [-0.4, -0.2) is 40.3 Å². The first kappa shape index (κ1) is 16.8. The maximum atomic E-state index is 12.4. The van der Waals surface area contributed by atoms with Crippen molar-refractivity contribution in [2.24, 2.45) is 0 Å². The fourth-order valence-electron chi connectivity index (χ4n) is 2.57. The number of carbonyl (C=O) groups excluding carboxylic acids is 1. The topological polar surface area (TPSA) is 28.5 Å². The van der Waals surface area contributed by atoms with E-state index in [9.17, 15) is 4.79 Å². The van der Waals surface area contributed by atoms with Crippen LogP contribution in [0.1, 0.15) is 12.6 Å². The smallest absolute Gasteiger partial charge is 0.266 e. The van der Waals surface area contributed by atoms with Crippen LogP contribution in [-0.2, 0) is 4.79 Å². The van der Waals surface area contributed by atoms with Crippen molar-refractivity contribution >= 4 is 46.0 Å². The predicted octanol–water partition coefficient (Wildman–Crippen LogP) is 3.76. The Morgan fingerprint density at radius 3 is 2.50 bits per heavy atom. The minimum absolute atomic E-state index is 0.0109. The molecule has 1 amide bonds. The van der Waals surface area contributed by atoms with E-state index >= 15 is 0 Å². The summed E-state index contributed by atoms with van der Waals surface area (Å²) in [6.07, 6.45) is 3.91. The van der Waals surface area contributed by atoms with Crippen molar-refractivity contribution in [3.05, 3.63) is 53.2 Å². The van der Waals surface area contributed by atoms with Gasteiger partial charge in [-0.1, -0.05) is 24.0 Å². The van der Waals surface area contributed by atoms with Gasteiger partial charge in [-0.3, -0.25) is 9.69 Å². The molecule has 1 fully saturated rings. The van der Waals surface area contributed by atoms with E-state index in [0.29, 0.717) is 15.8 Å². The average Bonchev–Trinajstić information content (AvgIpc) is 3.12. The molecule has 0 N–H and O–H groups in total. The molecule has 0 spiro atoms. The fourth-order valence-corrected chi connectivity index (χ4v) is 3.93. The third-order valence-electron chi connectivity index (χ3n) is 3.89. The number of benzene rings is 1. The van der Waals surface area contributed by atoms with E-state index in [1.807, 2.05) is 45.4 Å².